The van der Waals surface area contributed by atoms with Crippen LogP contribution in [0.3, 0.4) is 0 Å². The van der Waals surface area contributed by atoms with E-state index in [0.717, 1.165) is 44.4 Å². The topological polar surface area (TPSA) is 48.9 Å². The van der Waals surface area contributed by atoms with Crippen molar-refractivity contribution >= 4 is 5.96 Å². The van der Waals surface area contributed by atoms with Gasteiger partial charge in [0.1, 0.15) is 5.82 Å². The lowest BCUT2D eigenvalue weighted by molar-refractivity contribution is -0.0165. The average Bonchev–Trinajstić information content (AvgIpc) is 2.61. The molecule has 5 nitrogen and oxygen atoms in total. The maximum absolute atomic E-state index is 13.7. The molecule has 0 aromatic heterocycles. The van der Waals surface area contributed by atoms with Gasteiger partial charge in [-0.15, -0.1) is 0 Å². The van der Waals surface area contributed by atoms with Gasteiger partial charge in [-0.3, -0.25) is 9.89 Å². The Morgan fingerprint density at radius 1 is 1.40 bits per heavy atom. The fourth-order valence-corrected chi connectivity index (χ4v) is 3.08. The van der Waals surface area contributed by atoms with E-state index in [1.807, 2.05) is 19.1 Å². The number of hydrogen-bond donors (Lipinski definition) is 2. The van der Waals surface area contributed by atoms with Crippen molar-refractivity contribution < 1.29 is 9.13 Å². The molecule has 1 aliphatic rings. The number of nitrogens with one attached hydrogen (secondary N) is 2. The predicted octanol–water partition coefficient (Wildman–Crippen LogP) is 2.03. The summed E-state index contributed by atoms with van der Waals surface area (Å²) in [6, 6.07) is 7.69. The van der Waals surface area contributed by atoms with Gasteiger partial charge in [-0.05, 0) is 38.8 Å². The molecule has 0 radical (unpaired) electrons. The van der Waals surface area contributed by atoms with Crippen LogP contribution in [0.2, 0.25) is 0 Å². The van der Waals surface area contributed by atoms with Crippen molar-refractivity contribution in [3.63, 3.8) is 0 Å². The van der Waals surface area contributed by atoms with Crippen LogP contribution in [-0.4, -0.2) is 62.3 Å². The molecule has 25 heavy (non-hydrogen) atoms. The zero-order valence-electron chi connectivity index (χ0n) is 15.6. The number of ether oxygens (including phenoxy) is 1. The number of hydrogen-bond acceptors (Lipinski definition) is 3. The minimum atomic E-state index is -0.152. The Morgan fingerprint density at radius 2 is 2.20 bits per heavy atom. The monoisotopic (exact) mass is 350 g/mol. The van der Waals surface area contributed by atoms with Gasteiger partial charge < -0.3 is 15.4 Å². The number of aliphatic imine (C=N–C) groups is 1. The van der Waals surface area contributed by atoms with Crippen LogP contribution in [0.25, 0.3) is 0 Å². The van der Waals surface area contributed by atoms with Crippen molar-refractivity contribution in [1.82, 2.24) is 15.5 Å². The van der Waals surface area contributed by atoms with Crippen molar-refractivity contribution in [2.24, 2.45) is 4.99 Å². The number of benzene rings is 1. The second-order valence-corrected chi connectivity index (χ2v) is 6.50. The third kappa shape index (κ3) is 6.29. The van der Waals surface area contributed by atoms with Gasteiger partial charge in [-0.25, -0.2) is 4.39 Å². The molecule has 1 saturated heterocycles. The summed E-state index contributed by atoms with van der Waals surface area (Å²) in [5, 5.41) is 6.55. The van der Waals surface area contributed by atoms with Gasteiger partial charge in [0.2, 0.25) is 0 Å². The first-order valence-electron chi connectivity index (χ1n) is 9.21. The highest BCUT2D eigenvalue weighted by molar-refractivity contribution is 5.79. The summed E-state index contributed by atoms with van der Waals surface area (Å²) in [5.74, 6) is 0.632. The first-order valence-corrected chi connectivity index (χ1v) is 9.21. The van der Waals surface area contributed by atoms with E-state index in [1.165, 1.54) is 6.07 Å². The normalized spacial score (nSPS) is 20.3. The van der Waals surface area contributed by atoms with Gasteiger partial charge in [0.15, 0.2) is 5.96 Å². The quantitative estimate of drug-likeness (QED) is 0.584. The molecule has 0 bridgehead atoms. The van der Waals surface area contributed by atoms with Crippen molar-refractivity contribution in [3.05, 3.63) is 35.6 Å². The molecule has 1 heterocycles. The average molecular weight is 350 g/mol. The Hall–Kier alpha value is -1.66. The molecule has 6 heteroatoms. The Balaban J connectivity index is 1.84. The zero-order chi connectivity index (χ0) is 18.1. The smallest absolute Gasteiger partial charge is 0.191 e. The van der Waals surface area contributed by atoms with Crippen molar-refractivity contribution in [3.8, 4) is 0 Å². The van der Waals surface area contributed by atoms with Crippen LogP contribution in [0.15, 0.2) is 29.3 Å². The van der Waals surface area contributed by atoms with E-state index < -0.39 is 0 Å². The van der Waals surface area contributed by atoms with E-state index in [1.54, 1.807) is 6.07 Å². The van der Waals surface area contributed by atoms with E-state index >= 15 is 0 Å². The summed E-state index contributed by atoms with van der Waals surface area (Å²) < 4.78 is 19.2. The van der Waals surface area contributed by atoms with E-state index in [9.17, 15) is 4.39 Å². The van der Waals surface area contributed by atoms with E-state index in [-0.39, 0.29) is 5.82 Å². The minimum Gasteiger partial charge on any atom is -0.379 e. The summed E-state index contributed by atoms with van der Waals surface area (Å²) in [6.45, 7) is 11.1. The van der Waals surface area contributed by atoms with Gasteiger partial charge >= 0.3 is 0 Å². The molecule has 1 aromatic rings. The SMILES string of the molecule is CCNC(=NCC(C)N1CCOCC1C)NCCc1ccccc1F. The minimum absolute atomic E-state index is 0.152. The molecule has 2 N–H and O–H groups in total. The summed E-state index contributed by atoms with van der Waals surface area (Å²) in [4.78, 5) is 7.14. The molecule has 2 atom stereocenters. The van der Waals surface area contributed by atoms with Gasteiger partial charge in [-0.2, -0.15) is 0 Å². The molecule has 2 unspecified atom stereocenters. The lowest BCUT2D eigenvalue weighted by atomic mass is 10.1. The number of nitrogens with zero attached hydrogens (tertiary/aromatic N) is 2. The first-order chi connectivity index (χ1) is 12.1. The molecule has 2 rings (SSSR count). The van der Waals surface area contributed by atoms with Gasteiger partial charge in [-0.1, -0.05) is 18.2 Å². The van der Waals surface area contributed by atoms with Crippen LogP contribution in [0.1, 0.15) is 26.3 Å². The summed E-state index contributed by atoms with van der Waals surface area (Å²) in [5.41, 5.74) is 0.723. The molecule has 140 valence electrons. The standard InChI is InChI=1S/C19H31FN4O/c1-4-21-19(22-10-9-17-7-5-6-8-18(17)20)23-13-15(2)24-11-12-25-14-16(24)3/h5-8,15-16H,4,9-14H2,1-3H3,(H2,21,22,23). The molecule has 1 aromatic carbocycles. The van der Waals surface area contributed by atoms with Gasteiger partial charge in [0.25, 0.3) is 0 Å². The summed E-state index contributed by atoms with van der Waals surface area (Å²) in [6.07, 6.45) is 0.632. The second kappa shape index (κ2) is 10.4. The van der Waals surface area contributed by atoms with Crippen LogP contribution in [0, 0.1) is 5.82 Å². The van der Waals surface area contributed by atoms with E-state index in [4.69, 9.17) is 9.73 Å². The van der Waals surface area contributed by atoms with Gasteiger partial charge in [0.05, 0.1) is 19.8 Å². The number of rotatable bonds is 7. The third-order valence-corrected chi connectivity index (χ3v) is 4.49. The van der Waals surface area contributed by atoms with Crippen LogP contribution in [0.4, 0.5) is 4.39 Å². The Labute approximate surface area is 150 Å². The fourth-order valence-electron chi connectivity index (χ4n) is 3.08. The maximum Gasteiger partial charge on any atom is 0.191 e. The maximum atomic E-state index is 13.7. The number of morpholine rings is 1. The van der Waals surface area contributed by atoms with Crippen LogP contribution >= 0.6 is 0 Å². The largest absolute Gasteiger partial charge is 0.379 e. The summed E-state index contributed by atoms with van der Waals surface area (Å²) >= 11 is 0. The highest BCUT2D eigenvalue weighted by atomic mass is 19.1. The van der Waals surface area contributed by atoms with Crippen LogP contribution in [0.5, 0.6) is 0 Å². The highest BCUT2D eigenvalue weighted by Crippen LogP contribution is 2.11. The Kier molecular flexibility index (Phi) is 8.15. The van der Waals surface area contributed by atoms with Crippen LogP contribution in [-0.2, 0) is 11.2 Å². The number of guanidine groups is 1. The molecule has 1 aliphatic heterocycles. The lowest BCUT2D eigenvalue weighted by Gasteiger charge is -2.37. The molecule has 0 aliphatic carbocycles. The second-order valence-electron chi connectivity index (χ2n) is 6.50. The van der Waals surface area contributed by atoms with Gasteiger partial charge in [0, 0.05) is 31.7 Å². The molecule has 0 spiro atoms. The number of halogens is 1. The van der Waals surface area contributed by atoms with E-state index in [2.05, 4.69) is 29.4 Å². The van der Waals surface area contributed by atoms with E-state index in [0.29, 0.717) is 25.0 Å². The van der Waals surface area contributed by atoms with Crippen molar-refractivity contribution in [1.29, 1.82) is 0 Å². The van der Waals surface area contributed by atoms with Crippen molar-refractivity contribution in [2.45, 2.75) is 39.3 Å². The fraction of sp³-hybridized carbons (Fsp3) is 0.632. The summed E-state index contributed by atoms with van der Waals surface area (Å²) in [7, 11) is 0. The van der Waals surface area contributed by atoms with Crippen molar-refractivity contribution in [2.75, 3.05) is 39.4 Å². The Bertz CT molecular complexity index is 552. The third-order valence-electron chi connectivity index (χ3n) is 4.49. The zero-order valence-corrected chi connectivity index (χ0v) is 15.6. The van der Waals surface area contributed by atoms with Crippen LogP contribution < -0.4 is 10.6 Å². The molecular weight excluding hydrogens is 319 g/mol. The highest BCUT2D eigenvalue weighted by Gasteiger charge is 2.23. The Morgan fingerprint density at radius 3 is 2.92 bits per heavy atom. The molecule has 1 fully saturated rings. The molecule has 0 amide bonds. The lowest BCUT2D eigenvalue weighted by Crippen LogP contribution is -2.49. The first kappa shape index (κ1) is 19.7. The molecular formula is C19H31FN4O. The predicted molar refractivity (Wildman–Crippen MR) is 101 cm³/mol. The molecule has 0 saturated carbocycles.